The average molecular weight is 313 g/mol. The second-order valence-corrected chi connectivity index (χ2v) is 5.33. The van der Waals surface area contributed by atoms with Crippen LogP contribution in [0.1, 0.15) is 5.76 Å². The number of nitrogens with one attached hydrogen (secondary N) is 1. The molecule has 0 atom stereocenters. The van der Waals surface area contributed by atoms with Crippen molar-refractivity contribution in [3.63, 3.8) is 0 Å². The van der Waals surface area contributed by atoms with Gasteiger partial charge in [-0.25, -0.2) is 0 Å². The van der Waals surface area contributed by atoms with Gasteiger partial charge in [-0.15, -0.1) is 0 Å². The molecule has 0 radical (unpaired) electrons. The highest BCUT2D eigenvalue weighted by Crippen LogP contribution is 2.22. The van der Waals surface area contributed by atoms with Crippen LogP contribution < -0.4 is 5.32 Å². The van der Waals surface area contributed by atoms with Gasteiger partial charge in [-0.05, 0) is 37.4 Å². The minimum atomic E-state index is -0.141. The lowest BCUT2D eigenvalue weighted by Gasteiger charge is -2.15. The van der Waals surface area contributed by atoms with E-state index in [1.54, 1.807) is 24.5 Å². The van der Waals surface area contributed by atoms with Crippen LogP contribution in [-0.2, 0) is 11.3 Å². The summed E-state index contributed by atoms with van der Waals surface area (Å²) < 4.78 is 5.23. The highest BCUT2D eigenvalue weighted by Gasteiger charge is 2.09. The highest BCUT2D eigenvalue weighted by molar-refractivity contribution is 6.35. The van der Waals surface area contributed by atoms with E-state index < -0.39 is 0 Å². The molecule has 4 nitrogen and oxygen atoms in total. The van der Waals surface area contributed by atoms with E-state index in [1.807, 2.05) is 24.1 Å². The lowest BCUT2D eigenvalue weighted by atomic mass is 10.3. The molecular weight excluding hydrogens is 299 g/mol. The van der Waals surface area contributed by atoms with Crippen LogP contribution in [0.15, 0.2) is 41.0 Å². The first-order valence-corrected chi connectivity index (χ1v) is 6.75. The van der Waals surface area contributed by atoms with Gasteiger partial charge < -0.3 is 9.73 Å². The Hall–Kier alpha value is -1.49. The minimum absolute atomic E-state index is 0.141. The zero-order valence-corrected chi connectivity index (χ0v) is 12.4. The topological polar surface area (TPSA) is 45.5 Å². The van der Waals surface area contributed by atoms with Crippen molar-refractivity contribution < 1.29 is 9.21 Å². The van der Waals surface area contributed by atoms with Crippen molar-refractivity contribution in [1.29, 1.82) is 0 Å². The summed E-state index contributed by atoms with van der Waals surface area (Å²) in [7, 11) is 1.84. The van der Waals surface area contributed by atoms with E-state index in [2.05, 4.69) is 5.32 Å². The van der Waals surface area contributed by atoms with Crippen LogP contribution in [0.2, 0.25) is 10.0 Å². The van der Waals surface area contributed by atoms with Crippen molar-refractivity contribution in [2.24, 2.45) is 0 Å². The van der Waals surface area contributed by atoms with Gasteiger partial charge in [-0.2, -0.15) is 0 Å². The van der Waals surface area contributed by atoms with Gasteiger partial charge in [0.05, 0.1) is 19.4 Å². The third kappa shape index (κ3) is 4.56. The summed E-state index contributed by atoms with van der Waals surface area (Å²) in [4.78, 5) is 13.8. The summed E-state index contributed by atoms with van der Waals surface area (Å²) in [5.74, 6) is 0.670. The molecule has 106 valence electrons. The molecule has 2 rings (SSSR count). The number of rotatable bonds is 5. The molecule has 1 amide bonds. The molecule has 2 aromatic rings. The SMILES string of the molecule is CN(CC(=O)Nc1cc(Cl)cc(Cl)c1)Cc1ccco1. The number of furan rings is 1. The Labute approximate surface area is 127 Å². The number of hydrogen-bond donors (Lipinski definition) is 1. The van der Waals surface area contributed by atoms with Gasteiger partial charge in [0.2, 0.25) is 5.91 Å². The van der Waals surface area contributed by atoms with Crippen LogP contribution >= 0.6 is 23.2 Å². The molecule has 0 saturated heterocycles. The number of carbonyl (C=O) groups is 1. The molecule has 0 aliphatic heterocycles. The Morgan fingerprint density at radius 3 is 2.60 bits per heavy atom. The molecule has 1 N–H and O–H groups in total. The zero-order valence-electron chi connectivity index (χ0n) is 10.9. The van der Waals surface area contributed by atoms with Crippen molar-refractivity contribution in [1.82, 2.24) is 4.90 Å². The van der Waals surface area contributed by atoms with E-state index >= 15 is 0 Å². The van der Waals surface area contributed by atoms with E-state index in [-0.39, 0.29) is 12.5 Å². The quantitative estimate of drug-likeness (QED) is 0.916. The minimum Gasteiger partial charge on any atom is -0.468 e. The number of carbonyl (C=O) groups excluding carboxylic acids is 1. The average Bonchev–Trinajstić information content (AvgIpc) is 2.79. The maximum absolute atomic E-state index is 11.9. The largest absolute Gasteiger partial charge is 0.468 e. The summed E-state index contributed by atoms with van der Waals surface area (Å²) in [6, 6.07) is 8.60. The van der Waals surface area contributed by atoms with E-state index in [4.69, 9.17) is 27.6 Å². The molecular formula is C14H14Cl2N2O2. The van der Waals surface area contributed by atoms with E-state index in [0.717, 1.165) is 5.76 Å². The van der Waals surface area contributed by atoms with Crippen molar-refractivity contribution in [3.05, 3.63) is 52.4 Å². The van der Waals surface area contributed by atoms with Gasteiger partial charge in [-0.3, -0.25) is 9.69 Å². The standard InChI is InChI=1S/C14H14Cl2N2O2/c1-18(8-13-3-2-4-20-13)9-14(19)17-12-6-10(15)5-11(16)7-12/h2-7H,8-9H2,1H3,(H,17,19). The predicted molar refractivity (Wildman–Crippen MR) is 80.1 cm³/mol. The fourth-order valence-corrected chi connectivity index (χ4v) is 2.32. The van der Waals surface area contributed by atoms with Crippen molar-refractivity contribution >= 4 is 34.8 Å². The molecule has 0 spiro atoms. The maximum atomic E-state index is 11.9. The Bertz CT molecular complexity index is 565. The molecule has 0 unspecified atom stereocenters. The smallest absolute Gasteiger partial charge is 0.238 e. The van der Waals surface area contributed by atoms with Crippen LogP contribution in [0.3, 0.4) is 0 Å². The van der Waals surface area contributed by atoms with Gasteiger partial charge in [0.15, 0.2) is 0 Å². The number of likely N-dealkylation sites (N-methyl/N-ethyl adjacent to an activating group) is 1. The molecule has 20 heavy (non-hydrogen) atoms. The molecule has 0 aliphatic carbocycles. The molecule has 1 heterocycles. The number of benzene rings is 1. The lowest BCUT2D eigenvalue weighted by molar-refractivity contribution is -0.117. The van der Waals surface area contributed by atoms with E-state index in [1.165, 1.54) is 0 Å². The molecule has 0 aliphatic rings. The summed E-state index contributed by atoms with van der Waals surface area (Å²) in [6.45, 7) is 0.807. The predicted octanol–water partition coefficient (Wildman–Crippen LogP) is 3.66. The third-order valence-electron chi connectivity index (χ3n) is 2.57. The lowest BCUT2D eigenvalue weighted by Crippen LogP contribution is -2.29. The highest BCUT2D eigenvalue weighted by atomic mass is 35.5. The normalized spacial score (nSPS) is 10.8. The van der Waals surface area contributed by atoms with Crippen LogP contribution in [0.4, 0.5) is 5.69 Å². The molecule has 1 aromatic heterocycles. The molecule has 0 bridgehead atoms. The van der Waals surface area contributed by atoms with Gasteiger partial charge in [-0.1, -0.05) is 23.2 Å². The van der Waals surface area contributed by atoms with E-state index in [0.29, 0.717) is 22.3 Å². The third-order valence-corrected chi connectivity index (χ3v) is 3.00. The number of nitrogens with zero attached hydrogens (tertiary/aromatic N) is 1. The van der Waals surface area contributed by atoms with Crippen LogP contribution in [-0.4, -0.2) is 24.4 Å². The Kier molecular flexibility index (Phi) is 5.06. The second-order valence-electron chi connectivity index (χ2n) is 4.46. The summed E-state index contributed by atoms with van der Waals surface area (Å²) in [6.07, 6.45) is 1.61. The second kappa shape index (κ2) is 6.79. The van der Waals surface area contributed by atoms with Crippen LogP contribution in [0, 0.1) is 0 Å². The molecule has 1 aromatic carbocycles. The number of hydrogen-bond acceptors (Lipinski definition) is 3. The number of amides is 1. The van der Waals surface area contributed by atoms with Crippen molar-refractivity contribution in [3.8, 4) is 0 Å². The first-order chi connectivity index (χ1) is 9.52. The van der Waals surface area contributed by atoms with Gasteiger partial charge in [0, 0.05) is 15.7 Å². The molecule has 6 heteroatoms. The molecule has 0 saturated carbocycles. The summed E-state index contributed by atoms with van der Waals surface area (Å²) >= 11 is 11.8. The van der Waals surface area contributed by atoms with Gasteiger partial charge in [0.1, 0.15) is 5.76 Å². The summed E-state index contributed by atoms with van der Waals surface area (Å²) in [5, 5.41) is 3.72. The summed E-state index contributed by atoms with van der Waals surface area (Å²) in [5.41, 5.74) is 0.582. The first-order valence-electron chi connectivity index (χ1n) is 6.00. The monoisotopic (exact) mass is 312 g/mol. The van der Waals surface area contributed by atoms with Crippen LogP contribution in [0.5, 0.6) is 0 Å². The van der Waals surface area contributed by atoms with Crippen molar-refractivity contribution in [2.75, 3.05) is 18.9 Å². The van der Waals surface area contributed by atoms with Crippen LogP contribution in [0.25, 0.3) is 0 Å². The number of anilines is 1. The Morgan fingerprint density at radius 1 is 1.30 bits per heavy atom. The first kappa shape index (κ1) is 14.9. The Morgan fingerprint density at radius 2 is 2.00 bits per heavy atom. The maximum Gasteiger partial charge on any atom is 0.238 e. The fourth-order valence-electron chi connectivity index (χ4n) is 1.80. The fraction of sp³-hybridized carbons (Fsp3) is 0.214. The zero-order chi connectivity index (χ0) is 14.5. The van der Waals surface area contributed by atoms with Gasteiger partial charge in [0.25, 0.3) is 0 Å². The van der Waals surface area contributed by atoms with Crippen molar-refractivity contribution in [2.45, 2.75) is 6.54 Å². The molecule has 0 fully saturated rings. The van der Waals surface area contributed by atoms with E-state index in [9.17, 15) is 4.79 Å². The van der Waals surface area contributed by atoms with Gasteiger partial charge >= 0.3 is 0 Å². The number of halogens is 2. The Balaban J connectivity index is 1.88.